The summed E-state index contributed by atoms with van der Waals surface area (Å²) >= 11 is 0. The summed E-state index contributed by atoms with van der Waals surface area (Å²) < 4.78 is 1.80. The summed E-state index contributed by atoms with van der Waals surface area (Å²) in [6.45, 7) is 9.72. The molecule has 0 saturated carbocycles. The first kappa shape index (κ1) is 18.2. The highest BCUT2D eigenvalue weighted by molar-refractivity contribution is 5.92. The molecule has 1 aromatic carbocycles. The zero-order valence-electron chi connectivity index (χ0n) is 16.1. The van der Waals surface area contributed by atoms with Gasteiger partial charge in [-0.15, -0.1) is 0 Å². The van der Waals surface area contributed by atoms with Crippen molar-refractivity contribution in [3.05, 3.63) is 53.0 Å². The predicted molar refractivity (Wildman–Crippen MR) is 106 cm³/mol. The quantitative estimate of drug-likeness (QED) is 0.678. The molecule has 0 aliphatic heterocycles. The Hall–Kier alpha value is -2.56. The Morgan fingerprint density at radius 2 is 2.08 bits per heavy atom. The third-order valence-corrected chi connectivity index (χ3v) is 4.67. The zero-order valence-corrected chi connectivity index (χ0v) is 16.1. The van der Waals surface area contributed by atoms with Crippen molar-refractivity contribution in [2.24, 2.45) is 5.92 Å². The van der Waals surface area contributed by atoms with Gasteiger partial charge in [-0.25, -0.2) is 0 Å². The summed E-state index contributed by atoms with van der Waals surface area (Å²) in [7, 11) is 0. The second-order valence-corrected chi connectivity index (χ2v) is 7.21. The number of hydrogen-bond acceptors (Lipinski definition) is 2. The predicted octanol–water partition coefficient (Wildman–Crippen LogP) is 3.86. The minimum Gasteiger partial charge on any atom is -0.358 e. The topological polar surface area (TPSA) is 62.7 Å². The Kier molecular flexibility index (Phi) is 5.45. The molecule has 0 unspecified atom stereocenters. The molecular formula is C21H28N4O. The maximum absolute atomic E-state index is 12.6. The number of nitrogens with zero attached hydrogens (tertiary/aromatic N) is 2. The second kappa shape index (κ2) is 7.77. The van der Waals surface area contributed by atoms with Crippen LogP contribution in [0.15, 0.2) is 30.3 Å². The normalized spacial score (nSPS) is 11.4. The molecule has 3 aromatic rings. The van der Waals surface area contributed by atoms with Crippen molar-refractivity contribution in [3.63, 3.8) is 0 Å². The van der Waals surface area contributed by atoms with Crippen LogP contribution < -0.4 is 5.32 Å². The number of hydrogen-bond donors (Lipinski definition) is 2. The summed E-state index contributed by atoms with van der Waals surface area (Å²) in [4.78, 5) is 16.0. The van der Waals surface area contributed by atoms with E-state index < -0.39 is 0 Å². The van der Waals surface area contributed by atoms with E-state index >= 15 is 0 Å². The minimum absolute atomic E-state index is 0.0492. The molecule has 138 valence electrons. The van der Waals surface area contributed by atoms with Gasteiger partial charge in [0.1, 0.15) is 5.69 Å². The number of amides is 1. The third-order valence-electron chi connectivity index (χ3n) is 4.67. The van der Waals surface area contributed by atoms with Crippen LogP contribution in [0.2, 0.25) is 0 Å². The van der Waals surface area contributed by atoms with Crippen molar-refractivity contribution < 1.29 is 4.79 Å². The van der Waals surface area contributed by atoms with Crippen LogP contribution in [0.1, 0.15) is 48.2 Å². The number of carbonyl (C=O) groups excluding carboxylic acids is 1. The monoisotopic (exact) mass is 352 g/mol. The molecule has 0 aliphatic carbocycles. The van der Waals surface area contributed by atoms with E-state index in [0.717, 1.165) is 24.1 Å². The molecule has 0 bridgehead atoms. The standard InChI is InChI=1S/C21H28N4O/c1-5-25-20(13-16(24-25)12-14(2)3)21(26)22-11-10-17-15(4)23-19-9-7-6-8-18(17)19/h6-9,13-14,23H,5,10-12H2,1-4H3,(H,22,26). The molecule has 1 amide bonds. The number of aryl methyl sites for hydroxylation is 2. The summed E-state index contributed by atoms with van der Waals surface area (Å²) in [5.74, 6) is 0.475. The van der Waals surface area contributed by atoms with E-state index in [9.17, 15) is 4.79 Å². The van der Waals surface area contributed by atoms with Gasteiger partial charge in [-0.05, 0) is 50.3 Å². The van der Waals surface area contributed by atoms with Crippen molar-refractivity contribution in [1.82, 2.24) is 20.1 Å². The average Bonchev–Trinajstić information content (AvgIpc) is 3.15. The van der Waals surface area contributed by atoms with Crippen molar-refractivity contribution in [3.8, 4) is 0 Å². The van der Waals surface area contributed by atoms with Crippen LogP contribution in [0.4, 0.5) is 0 Å². The molecule has 3 rings (SSSR count). The molecule has 2 aromatic heterocycles. The van der Waals surface area contributed by atoms with Gasteiger partial charge in [0.25, 0.3) is 5.91 Å². The van der Waals surface area contributed by atoms with Crippen LogP contribution in [-0.4, -0.2) is 27.2 Å². The average molecular weight is 352 g/mol. The summed E-state index contributed by atoms with van der Waals surface area (Å²) in [5.41, 5.74) is 5.22. The summed E-state index contributed by atoms with van der Waals surface area (Å²) in [6.07, 6.45) is 1.70. The lowest BCUT2D eigenvalue weighted by Gasteiger charge is -2.07. The molecule has 0 spiro atoms. The fourth-order valence-electron chi connectivity index (χ4n) is 3.46. The lowest BCUT2D eigenvalue weighted by Crippen LogP contribution is -2.28. The molecule has 0 radical (unpaired) electrons. The van der Waals surface area contributed by atoms with Gasteiger partial charge in [0.05, 0.1) is 5.69 Å². The first-order chi connectivity index (χ1) is 12.5. The molecule has 0 fully saturated rings. The van der Waals surface area contributed by atoms with E-state index in [0.29, 0.717) is 24.7 Å². The molecule has 0 aliphatic rings. The van der Waals surface area contributed by atoms with E-state index in [1.54, 1.807) is 4.68 Å². The largest absolute Gasteiger partial charge is 0.358 e. The van der Waals surface area contributed by atoms with Gasteiger partial charge in [0.2, 0.25) is 0 Å². The van der Waals surface area contributed by atoms with Crippen molar-refractivity contribution in [1.29, 1.82) is 0 Å². The van der Waals surface area contributed by atoms with Crippen LogP contribution in [0, 0.1) is 12.8 Å². The number of nitrogens with one attached hydrogen (secondary N) is 2. The molecule has 5 nitrogen and oxygen atoms in total. The fraction of sp³-hybridized carbons (Fsp3) is 0.429. The van der Waals surface area contributed by atoms with E-state index in [4.69, 9.17) is 0 Å². The molecule has 5 heteroatoms. The Balaban J connectivity index is 1.67. The highest BCUT2D eigenvalue weighted by Crippen LogP contribution is 2.22. The van der Waals surface area contributed by atoms with Gasteiger partial charge in [-0.2, -0.15) is 5.10 Å². The number of carbonyl (C=O) groups is 1. The maximum Gasteiger partial charge on any atom is 0.269 e. The number of aromatic amines is 1. The van der Waals surface area contributed by atoms with E-state index in [1.807, 2.05) is 25.1 Å². The van der Waals surface area contributed by atoms with Gasteiger partial charge in [-0.1, -0.05) is 32.0 Å². The maximum atomic E-state index is 12.6. The SMILES string of the molecule is CCn1nc(CC(C)C)cc1C(=O)NCCc1c(C)[nH]c2ccccc12. The van der Waals surface area contributed by atoms with Crippen LogP contribution in [-0.2, 0) is 19.4 Å². The van der Waals surface area contributed by atoms with Crippen molar-refractivity contribution >= 4 is 16.8 Å². The van der Waals surface area contributed by atoms with Crippen LogP contribution in [0.25, 0.3) is 10.9 Å². The molecule has 2 N–H and O–H groups in total. The number of H-pyrrole nitrogens is 1. The van der Waals surface area contributed by atoms with Gasteiger partial charge in [0, 0.05) is 29.7 Å². The van der Waals surface area contributed by atoms with E-state index in [2.05, 4.69) is 48.3 Å². The Bertz CT molecular complexity index is 904. The zero-order chi connectivity index (χ0) is 18.7. The Morgan fingerprint density at radius 3 is 2.81 bits per heavy atom. The molecule has 2 heterocycles. The molecule has 0 saturated heterocycles. The smallest absolute Gasteiger partial charge is 0.269 e. The number of benzene rings is 1. The minimum atomic E-state index is -0.0492. The first-order valence-corrected chi connectivity index (χ1v) is 9.40. The number of fused-ring (bicyclic) bond motifs is 1. The van der Waals surface area contributed by atoms with Crippen LogP contribution >= 0.6 is 0 Å². The summed E-state index contributed by atoms with van der Waals surface area (Å²) in [5, 5.41) is 8.84. The van der Waals surface area contributed by atoms with Gasteiger partial charge < -0.3 is 10.3 Å². The van der Waals surface area contributed by atoms with Crippen LogP contribution in [0.3, 0.4) is 0 Å². The molecular weight excluding hydrogens is 324 g/mol. The highest BCUT2D eigenvalue weighted by atomic mass is 16.2. The summed E-state index contributed by atoms with van der Waals surface area (Å²) in [6, 6.07) is 10.2. The third kappa shape index (κ3) is 3.82. The van der Waals surface area contributed by atoms with Gasteiger partial charge in [-0.3, -0.25) is 9.48 Å². The number of aromatic nitrogens is 3. The lowest BCUT2D eigenvalue weighted by atomic mass is 10.1. The second-order valence-electron chi connectivity index (χ2n) is 7.21. The number of rotatable bonds is 7. The van der Waals surface area contributed by atoms with Gasteiger partial charge >= 0.3 is 0 Å². The Labute approximate surface area is 154 Å². The van der Waals surface area contributed by atoms with E-state index in [-0.39, 0.29) is 5.91 Å². The lowest BCUT2D eigenvalue weighted by molar-refractivity contribution is 0.0943. The van der Waals surface area contributed by atoms with Crippen LogP contribution in [0.5, 0.6) is 0 Å². The molecule has 0 atom stereocenters. The first-order valence-electron chi connectivity index (χ1n) is 9.40. The Morgan fingerprint density at radius 1 is 1.31 bits per heavy atom. The highest BCUT2D eigenvalue weighted by Gasteiger charge is 2.15. The fourth-order valence-corrected chi connectivity index (χ4v) is 3.46. The number of para-hydroxylation sites is 1. The van der Waals surface area contributed by atoms with Crippen molar-refractivity contribution in [2.75, 3.05) is 6.54 Å². The van der Waals surface area contributed by atoms with Crippen molar-refractivity contribution in [2.45, 2.75) is 47.1 Å². The van der Waals surface area contributed by atoms with E-state index in [1.165, 1.54) is 16.6 Å². The van der Waals surface area contributed by atoms with Gasteiger partial charge in [0.15, 0.2) is 0 Å². The molecule has 26 heavy (non-hydrogen) atoms.